The van der Waals surface area contributed by atoms with Gasteiger partial charge in [0.25, 0.3) is 0 Å². The molecular formula is C13H22N2O3S2. The van der Waals surface area contributed by atoms with E-state index in [-0.39, 0.29) is 10.9 Å². The first kappa shape index (κ1) is 17.3. The molecule has 1 aromatic rings. The number of rotatable bonds is 7. The fourth-order valence-corrected chi connectivity index (χ4v) is 3.85. The topological polar surface area (TPSA) is 89.3 Å². The summed E-state index contributed by atoms with van der Waals surface area (Å²) in [4.78, 5) is 0.233. The molecule has 0 fully saturated rings. The highest BCUT2D eigenvalue weighted by molar-refractivity contribution is 7.89. The van der Waals surface area contributed by atoms with Gasteiger partial charge in [0.15, 0.2) is 0 Å². The number of benzene rings is 1. The van der Waals surface area contributed by atoms with Gasteiger partial charge in [0, 0.05) is 35.4 Å². The molecule has 3 N–H and O–H groups in total. The van der Waals surface area contributed by atoms with E-state index in [0.717, 1.165) is 11.1 Å². The van der Waals surface area contributed by atoms with Crippen LogP contribution in [0.5, 0.6) is 0 Å². The Labute approximate surface area is 123 Å². The zero-order valence-corrected chi connectivity index (χ0v) is 13.7. The Balaban J connectivity index is 2.83. The van der Waals surface area contributed by atoms with Crippen molar-refractivity contribution < 1.29 is 12.6 Å². The molecule has 0 saturated carbocycles. The van der Waals surface area contributed by atoms with E-state index >= 15 is 0 Å². The van der Waals surface area contributed by atoms with E-state index < -0.39 is 20.8 Å². The number of nitrogens with two attached hydrogens (primary N) is 1. The monoisotopic (exact) mass is 318 g/mol. The van der Waals surface area contributed by atoms with Crippen LogP contribution in [0.3, 0.4) is 0 Å². The van der Waals surface area contributed by atoms with Crippen molar-refractivity contribution in [2.24, 2.45) is 5.73 Å². The van der Waals surface area contributed by atoms with Crippen LogP contribution in [0.1, 0.15) is 24.5 Å². The number of hydrogen-bond acceptors (Lipinski definition) is 4. The molecule has 2 unspecified atom stereocenters. The molecule has 0 aliphatic rings. The lowest BCUT2D eigenvalue weighted by atomic mass is 10.1. The second kappa shape index (κ2) is 7.31. The minimum absolute atomic E-state index is 0.233. The maximum atomic E-state index is 12.2. The summed E-state index contributed by atoms with van der Waals surface area (Å²) >= 11 is 0. The molecule has 1 aromatic carbocycles. The highest BCUT2D eigenvalue weighted by Crippen LogP contribution is 2.15. The van der Waals surface area contributed by atoms with Crippen LogP contribution in [0.2, 0.25) is 0 Å². The third-order valence-corrected chi connectivity index (χ3v) is 5.44. The van der Waals surface area contributed by atoms with Gasteiger partial charge in [-0.3, -0.25) is 4.21 Å². The summed E-state index contributed by atoms with van der Waals surface area (Å²) in [5.41, 5.74) is 7.35. The first-order valence-electron chi connectivity index (χ1n) is 6.38. The van der Waals surface area contributed by atoms with Crippen molar-refractivity contribution in [3.8, 4) is 0 Å². The van der Waals surface area contributed by atoms with Crippen molar-refractivity contribution in [3.63, 3.8) is 0 Å². The Morgan fingerprint density at radius 1 is 1.40 bits per heavy atom. The normalized spacial score (nSPS) is 15.0. The first-order chi connectivity index (χ1) is 9.26. The molecule has 0 saturated heterocycles. The molecule has 0 aliphatic carbocycles. The van der Waals surface area contributed by atoms with Crippen LogP contribution < -0.4 is 10.5 Å². The van der Waals surface area contributed by atoms with Crippen molar-refractivity contribution >= 4 is 20.8 Å². The predicted octanol–water partition coefficient (Wildman–Crippen LogP) is 0.889. The lowest BCUT2D eigenvalue weighted by Gasteiger charge is -2.14. The van der Waals surface area contributed by atoms with Gasteiger partial charge >= 0.3 is 0 Å². The van der Waals surface area contributed by atoms with Crippen LogP contribution in [0.25, 0.3) is 0 Å². The SMILES string of the molecule is Cc1cc(S(=O)(=O)NC(C)CCS(C)=O)ccc1CN. The standard InChI is InChI=1S/C13H22N2O3S2/c1-10-8-13(5-4-12(10)9-14)20(17,18)15-11(2)6-7-19(3)16/h4-5,8,11,15H,6-7,9,14H2,1-3H3. The Kier molecular flexibility index (Phi) is 6.32. The average Bonchev–Trinajstić information content (AvgIpc) is 2.35. The molecule has 0 heterocycles. The summed E-state index contributed by atoms with van der Waals surface area (Å²) in [7, 11) is -4.46. The maximum absolute atomic E-state index is 12.2. The molecule has 5 nitrogen and oxygen atoms in total. The van der Waals surface area contributed by atoms with Crippen LogP contribution >= 0.6 is 0 Å². The first-order valence-corrected chi connectivity index (χ1v) is 9.59. The zero-order chi connectivity index (χ0) is 15.3. The second-order valence-corrected chi connectivity index (χ2v) is 8.15. The van der Waals surface area contributed by atoms with E-state index in [4.69, 9.17) is 5.73 Å². The number of hydrogen-bond donors (Lipinski definition) is 2. The van der Waals surface area contributed by atoms with E-state index in [1.54, 1.807) is 31.4 Å². The van der Waals surface area contributed by atoms with Crippen molar-refractivity contribution in [2.45, 2.75) is 37.8 Å². The summed E-state index contributed by atoms with van der Waals surface area (Å²) in [5, 5.41) is 0. The van der Waals surface area contributed by atoms with Crippen molar-refractivity contribution in [1.82, 2.24) is 4.72 Å². The molecule has 0 radical (unpaired) electrons. The molecule has 0 spiro atoms. The molecule has 0 amide bonds. The molecule has 0 aromatic heterocycles. The third-order valence-electron chi connectivity index (χ3n) is 3.04. The summed E-state index contributed by atoms with van der Waals surface area (Å²) in [5.74, 6) is 0.481. The third kappa shape index (κ3) is 4.97. The fourth-order valence-electron chi connectivity index (χ4n) is 1.80. The van der Waals surface area contributed by atoms with Gasteiger partial charge in [0.05, 0.1) is 4.90 Å². The Morgan fingerprint density at radius 3 is 2.55 bits per heavy atom. The molecule has 2 atom stereocenters. The summed E-state index contributed by atoms with van der Waals surface area (Å²) < 4.78 is 38.1. The fraction of sp³-hybridized carbons (Fsp3) is 0.538. The quantitative estimate of drug-likeness (QED) is 0.781. The average molecular weight is 318 g/mol. The van der Waals surface area contributed by atoms with E-state index in [2.05, 4.69) is 4.72 Å². The van der Waals surface area contributed by atoms with Gasteiger partial charge in [0.2, 0.25) is 10.0 Å². The minimum Gasteiger partial charge on any atom is -0.326 e. The van der Waals surface area contributed by atoms with Crippen molar-refractivity contribution in [3.05, 3.63) is 29.3 Å². The van der Waals surface area contributed by atoms with Crippen molar-refractivity contribution in [2.75, 3.05) is 12.0 Å². The molecule has 7 heteroatoms. The Bertz CT molecular complexity index is 585. The smallest absolute Gasteiger partial charge is 0.240 e. The van der Waals surface area contributed by atoms with E-state index in [1.807, 2.05) is 6.92 Å². The molecule has 20 heavy (non-hydrogen) atoms. The molecule has 114 valence electrons. The summed E-state index contributed by atoms with van der Waals surface area (Å²) in [6, 6.07) is 4.66. The molecule has 0 bridgehead atoms. The van der Waals surface area contributed by atoms with E-state index in [9.17, 15) is 12.6 Å². The van der Waals surface area contributed by atoms with Gasteiger partial charge in [-0.25, -0.2) is 13.1 Å². The van der Waals surface area contributed by atoms with Crippen LogP contribution in [0, 0.1) is 6.92 Å². The van der Waals surface area contributed by atoms with Crippen molar-refractivity contribution in [1.29, 1.82) is 0 Å². The van der Waals surface area contributed by atoms with Crippen LogP contribution in [-0.2, 0) is 27.4 Å². The van der Waals surface area contributed by atoms with Crippen LogP contribution in [0.4, 0.5) is 0 Å². The lowest BCUT2D eigenvalue weighted by molar-refractivity contribution is 0.555. The number of aryl methyl sites for hydroxylation is 1. The van der Waals surface area contributed by atoms with Gasteiger partial charge in [-0.1, -0.05) is 6.07 Å². The minimum atomic E-state index is -3.54. The van der Waals surface area contributed by atoms with E-state index in [0.29, 0.717) is 18.7 Å². The summed E-state index contributed by atoms with van der Waals surface area (Å²) in [6.07, 6.45) is 2.15. The van der Waals surface area contributed by atoms with Crippen LogP contribution in [0.15, 0.2) is 23.1 Å². The summed E-state index contributed by atoms with van der Waals surface area (Å²) in [6.45, 7) is 3.99. The second-order valence-electron chi connectivity index (χ2n) is 4.88. The van der Waals surface area contributed by atoms with Gasteiger partial charge in [-0.05, 0) is 43.5 Å². The molecule has 1 rings (SSSR count). The molecular weight excluding hydrogens is 296 g/mol. The van der Waals surface area contributed by atoms with Gasteiger partial charge in [-0.15, -0.1) is 0 Å². The van der Waals surface area contributed by atoms with Gasteiger partial charge in [-0.2, -0.15) is 0 Å². The zero-order valence-electron chi connectivity index (χ0n) is 12.0. The van der Waals surface area contributed by atoms with Crippen LogP contribution in [-0.4, -0.2) is 30.7 Å². The highest BCUT2D eigenvalue weighted by atomic mass is 32.2. The number of sulfonamides is 1. The number of nitrogens with one attached hydrogen (secondary N) is 1. The van der Waals surface area contributed by atoms with E-state index in [1.165, 1.54) is 0 Å². The lowest BCUT2D eigenvalue weighted by Crippen LogP contribution is -2.33. The maximum Gasteiger partial charge on any atom is 0.240 e. The highest BCUT2D eigenvalue weighted by Gasteiger charge is 2.18. The largest absolute Gasteiger partial charge is 0.326 e. The molecule has 0 aliphatic heterocycles. The predicted molar refractivity (Wildman–Crippen MR) is 82.4 cm³/mol. The van der Waals surface area contributed by atoms with Gasteiger partial charge in [0.1, 0.15) is 0 Å². The van der Waals surface area contributed by atoms with Gasteiger partial charge < -0.3 is 5.73 Å². The Morgan fingerprint density at radius 2 is 2.05 bits per heavy atom. The Hall–Kier alpha value is -0.760.